The summed E-state index contributed by atoms with van der Waals surface area (Å²) < 4.78 is 5.97. The first kappa shape index (κ1) is 17.3. The second-order valence-electron chi connectivity index (χ2n) is 5.98. The zero-order chi connectivity index (χ0) is 15.0. The highest BCUT2D eigenvalue weighted by atomic mass is 35.5. The average molecular weight is 298 g/mol. The molecule has 0 aromatic heterocycles. The van der Waals surface area contributed by atoms with Crippen LogP contribution in [0.25, 0.3) is 0 Å². The highest BCUT2D eigenvalue weighted by molar-refractivity contribution is 6.30. The lowest BCUT2D eigenvalue weighted by Crippen LogP contribution is -2.19. The quantitative estimate of drug-likeness (QED) is 0.700. The largest absolute Gasteiger partial charge is 0.493 e. The molecule has 0 bridgehead atoms. The van der Waals surface area contributed by atoms with Gasteiger partial charge >= 0.3 is 0 Å². The van der Waals surface area contributed by atoms with Gasteiger partial charge in [-0.1, -0.05) is 45.7 Å². The molecule has 0 saturated heterocycles. The van der Waals surface area contributed by atoms with Crippen molar-refractivity contribution in [3.63, 3.8) is 0 Å². The maximum absolute atomic E-state index is 6.09. The second-order valence-corrected chi connectivity index (χ2v) is 6.42. The number of benzene rings is 1. The normalized spacial score (nSPS) is 12.7. The van der Waals surface area contributed by atoms with Gasteiger partial charge in [0.15, 0.2) is 0 Å². The van der Waals surface area contributed by atoms with Crippen molar-refractivity contribution in [3.05, 3.63) is 28.8 Å². The van der Waals surface area contributed by atoms with Gasteiger partial charge < -0.3 is 10.1 Å². The molecule has 2 nitrogen and oxygen atoms in total. The molecule has 0 aliphatic heterocycles. The zero-order valence-electron chi connectivity index (χ0n) is 13.2. The molecule has 3 heteroatoms. The molecule has 0 aliphatic rings. The molecule has 0 fully saturated rings. The Morgan fingerprint density at radius 3 is 2.65 bits per heavy atom. The molecule has 0 spiro atoms. The number of halogens is 1. The third-order valence-electron chi connectivity index (χ3n) is 3.20. The standard InChI is InChI=1S/C17H28ClNO/c1-5-6-14(4)12-20-17-8-7-16(18)9-15(17)11-19-10-13(2)3/h7-9,13-14,19H,5-6,10-12H2,1-4H3. The van der Waals surface area contributed by atoms with E-state index in [2.05, 4.69) is 33.0 Å². The molecule has 1 aromatic carbocycles. The topological polar surface area (TPSA) is 21.3 Å². The van der Waals surface area contributed by atoms with E-state index >= 15 is 0 Å². The van der Waals surface area contributed by atoms with Crippen molar-refractivity contribution in [1.82, 2.24) is 5.32 Å². The molecule has 0 aliphatic carbocycles. The van der Waals surface area contributed by atoms with E-state index in [-0.39, 0.29) is 0 Å². The van der Waals surface area contributed by atoms with Crippen molar-refractivity contribution in [2.24, 2.45) is 11.8 Å². The van der Waals surface area contributed by atoms with Gasteiger partial charge in [0.1, 0.15) is 5.75 Å². The Morgan fingerprint density at radius 1 is 1.25 bits per heavy atom. The Kier molecular flexibility index (Phi) is 8.01. The van der Waals surface area contributed by atoms with Crippen molar-refractivity contribution < 1.29 is 4.74 Å². The van der Waals surface area contributed by atoms with E-state index in [0.717, 1.165) is 36.0 Å². The summed E-state index contributed by atoms with van der Waals surface area (Å²) in [5.74, 6) is 2.18. The van der Waals surface area contributed by atoms with E-state index in [1.807, 2.05) is 18.2 Å². The first-order valence-electron chi connectivity index (χ1n) is 7.64. The van der Waals surface area contributed by atoms with Crippen LogP contribution in [0.15, 0.2) is 18.2 Å². The minimum Gasteiger partial charge on any atom is -0.493 e. The number of nitrogens with one attached hydrogen (secondary N) is 1. The van der Waals surface area contributed by atoms with E-state index in [4.69, 9.17) is 16.3 Å². The Bertz CT molecular complexity index is 393. The van der Waals surface area contributed by atoms with Crippen molar-refractivity contribution in [2.45, 2.75) is 47.1 Å². The van der Waals surface area contributed by atoms with Crippen molar-refractivity contribution in [3.8, 4) is 5.75 Å². The molecule has 0 saturated carbocycles. The van der Waals surface area contributed by atoms with E-state index in [9.17, 15) is 0 Å². The van der Waals surface area contributed by atoms with Crippen LogP contribution in [0, 0.1) is 11.8 Å². The molecule has 1 rings (SSSR count). The Morgan fingerprint density at radius 2 is 2.00 bits per heavy atom. The number of hydrogen-bond acceptors (Lipinski definition) is 2. The average Bonchev–Trinajstić information content (AvgIpc) is 2.37. The Balaban J connectivity index is 2.59. The molecule has 1 atom stereocenters. The molecule has 20 heavy (non-hydrogen) atoms. The smallest absolute Gasteiger partial charge is 0.123 e. The molecular weight excluding hydrogens is 270 g/mol. The van der Waals surface area contributed by atoms with E-state index in [1.165, 1.54) is 12.8 Å². The van der Waals surface area contributed by atoms with Gasteiger partial charge in [0.25, 0.3) is 0 Å². The fraction of sp³-hybridized carbons (Fsp3) is 0.647. The molecule has 0 amide bonds. The van der Waals surface area contributed by atoms with Gasteiger partial charge in [0.05, 0.1) is 6.61 Å². The van der Waals surface area contributed by atoms with Gasteiger partial charge in [-0.3, -0.25) is 0 Å². The minimum absolute atomic E-state index is 0.590. The molecule has 0 radical (unpaired) electrons. The van der Waals surface area contributed by atoms with Crippen LogP contribution in [0.4, 0.5) is 0 Å². The summed E-state index contributed by atoms with van der Waals surface area (Å²) in [6, 6.07) is 5.87. The number of hydrogen-bond donors (Lipinski definition) is 1. The number of rotatable bonds is 9. The highest BCUT2D eigenvalue weighted by Gasteiger charge is 2.08. The molecule has 1 unspecified atom stereocenters. The maximum atomic E-state index is 6.09. The number of ether oxygens (including phenoxy) is 1. The first-order chi connectivity index (χ1) is 9.52. The fourth-order valence-electron chi connectivity index (χ4n) is 2.13. The predicted molar refractivity (Wildman–Crippen MR) is 87.6 cm³/mol. The van der Waals surface area contributed by atoms with Crippen molar-refractivity contribution in [1.29, 1.82) is 0 Å². The summed E-state index contributed by atoms with van der Waals surface area (Å²) >= 11 is 6.09. The Labute approximate surface area is 128 Å². The molecule has 1 aromatic rings. The van der Waals surface area contributed by atoms with Gasteiger partial charge in [-0.05, 0) is 43.0 Å². The summed E-state index contributed by atoms with van der Waals surface area (Å²) in [4.78, 5) is 0. The van der Waals surface area contributed by atoms with Gasteiger partial charge in [-0.15, -0.1) is 0 Å². The third-order valence-corrected chi connectivity index (χ3v) is 3.43. The lowest BCUT2D eigenvalue weighted by Gasteiger charge is -2.16. The minimum atomic E-state index is 0.590. The first-order valence-corrected chi connectivity index (χ1v) is 8.02. The van der Waals surface area contributed by atoms with Crippen LogP contribution in [-0.2, 0) is 6.54 Å². The van der Waals surface area contributed by atoms with Crippen LogP contribution in [0.1, 0.15) is 46.1 Å². The summed E-state index contributed by atoms with van der Waals surface area (Å²) in [6.07, 6.45) is 2.41. The molecule has 1 N–H and O–H groups in total. The van der Waals surface area contributed by atoms with Gasteiger partial charge in [0, 0.05) is 17.1 Å². The molecule has 114 valence electrons. The fourth-order valence-corrected chi connectivity index (χ4v) is 2.33. The monoisotopic (exact) mass is 297 g/mol. The molecule has 0 heterocycles. The van der Waals surface area contributed by atoms with Gasteiger partial charge in [-0.25, -0.2) is 0 Å². The van der Waals surface area contributed by atoms with Crippen molar-refractivity contribution in [2.75, 3.05) is 13.2 Å². The van der Waals surface area contributed by atoms with Gasteiger partial charge in [-0.2, -0.15) is 0 Å². The van der Waals surface area contributed by atoms with Gasteiger partial charge in [0.2, 0.25) is 0 Å². The Hall–Kier alpha value is -0.730. The highest BCUT2D eigenvalue weighted by Crippen LogP contribution is 2.24. The predicted octanol–water partition coefficient (Wildman–Crippen LogP) is 4.90. The van der Waals surface area contributed by atoms with Crippen LogP contribution >= 0.6 is 11.6 Å². The van der Waals surface area contributed by atoms with Crippen LogP contribution in [0.2, 0.25) is 5.02 Å². The lowest BCUT2D eigenvalue weighted by atomic mass is 10.1. The molecular formula is C17H28ClNO. The van der Waals surface area contributed by atoms with Crippen LogP contribution < -0.4 is 10.1 Å². The maximum Gasteiger partial charge on any atom is 0.123 e. The lowest BCUT2D eigenvalue weighted by molar-refractivity contribution is 0.249. The second kappa shape index (κ2) is 9.25. The zero-order valence-corrected chi connectivity index (χ0v) is 14.0. The SMILES string of the molecule is CCCC(C)COc1ccc(Cl)cc1CNCC(C)C. The third kappa shape index (κ3) is 6.62. The summed E-state index contributed by atoms with van der Waals surface area (Å²) in [6.45, 7) is 11.4. The van der Waals surface area contributed by atoms with Crippen LogP contribution in [0.5, 0.6) is 5.75 Å². The van der Waals surface area contributed by atoms with Crippen LogP contribution in [-0.4, -0.2) is 13.2 Å². The van der Waals surface area contributed by atoms with Crippen molar-refractivity contribution >= 4 is 11.6 Å². The van der Waals surface area contributed by atoms with Crippen LogP contribution in [0.3, 0.4) is 0 Å². The van der Waals surface area contributed by atoms with E-state index in [0.29, 0.717) is 11.8 Å². The summed E-state index contributed by atoms with van der Waals surface area (Å²) in [5.41, 5.74) is 1.14. The van der Waals surface area contributed by atoms with E-state index < -0.39 is 0 Å². The van der Waals surface area contributed by atoms with E-state index in [1.54, 1.807) is 0 Å². The summed E-state index contributed by atoms with van der Waals surface area (Å²) in [7, 11) is 0. The summed E-state index contributed by atoms with van der Waals surface area (Å²) in [5, 5.41) is 4.21.